The third-order valence-electron chi connectivity index (χ3n) is 2.91. The van der Waals surface area contributed by atoms with Gasteiger partial charge in [0.1, 0.15) is 17.5 Å². The minimum atomic E-state index is 0.831. The van der Waals surface area contributed by atoms with Crippen molar-refractivity contribution in [3.8, 4) is 0 Å². The van der Waals surface area contributed by atoms with Gasteiger partial charge >= 0.3 is 0 Å². The van der Waals surface area contributed by atoms with Gasteiger partial charge < -0.3 is 10.6 Å². The molecule has 0 radical (unpaired) electrons. The third-order valence-corrected chi connectivity index (χ3v) is 2.91. The van der Waals surface area contributed by atoms with Crippen molar-refractivity contribution in [2.45, 2.75) is 26.7 Å². The highest BCUT2D eigenvalue weighted by molar-refractivity contribution is 5.62. The Kier molecular flexibility index (Phi) is 4.34. The molecule has 0 spiro atoms. The number of nitrogens with one attached hydrogen (secondary N) is 2. The SMILES string of the molecule is CCCc1nc(NC)cc(Nc2ccccc2C)n1. The molecule has 4 heteroatoms. The maximum atomic E-state index is 4.55. The van der Waals surface area contributed by atoms with E-state index in [1.807, 2.05) is 25.2 Å². The van der Waals surface area contributed by atoms with Gasteiger partial charge in [-0.1, -0.05) is 25.1 Å². The van der Waals surface area contributed by atoms with Gasteiger partial charge in [0, 0.05) is 25.2 Å². The molecule has 0 atom stereocenters. The normalized spacial score (nSPS) is 10.3. The summed E-state index contributed by atoms with van der Waals surface area (Å²) in [5.41, 5.74) is 2.27. The fraction of sp³-hybridized carbons (Fsp3) is 0.333. The number of nitrogens with zero attached hydrogens (tertiary/aromatic N) is 2. The van der Waals surface area contributed by atoms with Gasteiger partial charge in [0.25, 0.3) is 0 Å². The number of aromatic nitrogens is 2. The maximum absolute atomic E-state index is 4.55. The number of anilines is 3. The van der Waals surface area contributed by atoms with E-state index < -0.39 is 0 Å². The first-order valence-electron chi connectivity index (χ1n) is 6.61. The van der Waals surface area contributed by atoms with Crippen molar-refractivity contribution in [2.75, 3.05) is 17.7 Å². The molecule has 100 valence electrons. The van der Waals surface area contributed by atoms with Crippen molar-refractivity contribution in [3.05, 3.63) is 41.7 Å². The van der Waals surface area contributed by atoms with Gasteiger partial charge in [-0.2, -0.15) is 0 Å². The Morgan fingerprint density at radius 2 is 1.84 bits per heavy atom. The zero-order chi connectivity index (χ0) is 13.7. The van der Waals surface area contributed by atoms with Crippen LogP contribution in [0.1, 0.15) is 24.7 Å². The summed E-state index contributed by atoms with van der Waals surface area (Å²) in [4.78, 5) is 8.99. The van der Waals surface area contributed by atoms with Crippen LogP contribution in [0.25, 0.3) is 0 Å². The van der Waals surface area contributed by atoms with Gasteiger partial charge in [-0.3, -0.25) is 0 Å². The molecule has 2 rings (SSSR count). The van der Waals surface area contributed by atoms with E-state index >= 15 is 0 Å². The van der Waals surface area contributed by atoms with E-state index in [9.17, 15) is 0 Å². The van der Waals surface area contributed by atoms with Crippen LogP contribution in [0.15, 0.2) is 30.3 Å². The molecule has 1 heterocycles. The average Bonchev–Trinajstić information content (AvgIpc) is 2.41. The topological polar surface area (TPSA) is 49.8 Å². The zero-order valence-corrected chi connectivity index (χ0v) is 11.7. The second-order valence-corrected chi connectivity index (χ2v) is 4.49. The van der Waals surface area contributed by atoms with Crippen molar-refractivity contribution in [3.63, 3.8) is 0 Å². The second kappa shape index (κ2) is 6.18. The van der Waals surface area contributed by atoms with Gasteiger partial charge in [-0.25, -0.2) is 9.97 Å². The van der Waals surface area contributed by atoms with E-state index in [2.05, 4.69) is 46.6 Å². The average molecular weight is 256 g/mol. The number of rotatable bonds is 5. The first-order chi connectivity index (χ1) is 9.22. The van der Waals surface area contributed by atoms with Crippen molar-refractivity contribution < 1.29 is 0 Å². The first-order valence-corrected chi connectivity index (χ1v) is 6.61. The summed E-state index contributed by atoms with van der Waals surface area (Å²) in [5, 5.41) is 6.43. The standard InChI is InChI=1S/C15H20N4/c1-4-7-13-18-14(16-3)10-15(19-13)17-12-9-6-5-8-11(12)2/h5-6,8-10H,4,7H2,1-3H3,(H2,16,17,18,19). The summed E-state index contributed by atoms with van der Waals surface area (Å²) in [6.45, 7) is 4.21. The van der Waals surface area contributed by atoms with Gasteiger partial charge in [0.05, 0.1) is 0 Å². The van der Waals surface area contributed by atoms with Gasteiger partial charge in [-0.05, 0) is 25.0 Å². The number of para-hydroxylation sites is 1. The van der Waals surface area contributed by atoms with Gasteiger partial charge in [0.2, 0.25) is 0 Å². The maximum Gasteiger partial charge on any atom is 0.136 e. The fourth-order valence-corrected chi connectivity index (χ4v) is 1.88. The number of hydrogen-bond donors (Lipinski definition) is 2. The molecule has 1 aromatic heterocycles. The summed E-state index contributed by atoms with van der Waals surface area (Å²) in [6, 6.07) is 10.1. The quantitative estimate of drug-likeness (QED) is 0.859. The fourth-order valence-electron chi connectivity index (χ4n) is 1.88. The van der Waals surface area contributed by atoms with E-state index in [1.165, 1.54) is 5.56 Å². The molecular weight excluding hydrogens is 236 g/mol. The predicted octanol–water partition coefficient (Wildman–Crippen LogP) is 3.52. The molecule has 1 aromatic carbocycles. The van der Waals surface area contributed by atoms with Crippen LogP contribution in [-0.4, -0.2) is 17.0 Å². The van der Waals surface area contributed by atoms with Crippen LogP contribution in [0.3, 0.4) is 0 Å². The lowest BCUT2D eigenvalue weighted by Crippen LogP contribution is -2.04. The molecule has 4 nitrogen and oxygen atoms in total. The van der Waals surface area contributed by atoms with Crippen molar-refractivity contribution in [1.82, 2.24) is 9.97 Å². The van der Waals surface area contributed by atoms with Crippen LogP contribution in [0, 0.1) is 6.92 Å². The Morgan fingerprint density at radius 3 is 2.53 bits per heavy atom. The molecular formula is C15H20N4. The van der Waals surface area contributed by atoms with Crippen LogP contribution < -0.4 is 10.6 Å². The Morgan fingerprint density at radius 1 is 1.11 bits per heavy atom. The predicted molar refractivity (Wildman–Crippen MR) is 80.0 cm³/mol. The molecule has 0 saturated heterocycles. The lowest BCUT2D eigenvalue weighted by Gasteiger charge is -2.11. The molecule has 0 aliphatic heterocycles. The van der Waals surface area contributed by atoms with Gasteiger partial charge in [-0.15, -0.1) is 0 Å². The summed E-state index contributed by atoms with van der Waals surface area (Å²) < 4.78 is 0. The van der Waals surface area contributed by atoms with Crippen LogP contribution >= 0.6 is 0 Å². The molecule has 0 aliphatic carbocycles. The zero-order valence-electron chi connectivity index (χ0n) is 11.7. The van der Waals surface area contributed by atoms with Crippen LogP contribution in [-0.2, 0) is 6.42 Å². The van der Waals surface area contributed by atoms with E-state index in [0.29, 0.717) is 0 Å². The number of aryl methyl sites for hydroxylation is 2. The number of hydrogen-bond acceptors (Lipinski definition) is 4. The van der Waals surface area contributed by atoms with E-state index in [1.54, 1.807) is 0 Å². The summed E-state index contributed by atoms with van der Waals surface area (Å²) >= 11 is 0. The molecule has 0 amide bonds. The molecule has 0 bridgehead atoms. The highest BCUT2D eigenvalue weighted by Gasteiger charge is 2.04. The summed E-state index contributed by atoms with van der Waals surface area (Å²) in [5.74, 6) is 2.54. The van der Waals surface area contributed by atoms with E-state index in [4.69, 9.17) is 0 Å². The molecule has 0 saturated carbocycles. The Hall–Kier alpha value is -2.10. The highest BCUT2D eigenvalue weighted by atomic mass is 15.1. The summed E-state index contributed by atoms with van der Waals surface area (Å²) in [6.07, 6.45) is 1.93. The Balaban J connectivity index is 2.29. The largest absolute Gasteiger partial charge is 0.373 e. The molecule has 2 N–H and O–H groups in total. The molecule has 0 unspecified atom stereocenters. The minimum Gasteiger partial charge on any atom is -0.373 e. The Bertz CT molecular complexity index is 552. The van der Waals surface area contributed by atoms with Gasteiger partial charge in [0.15, 0.2) is 0 Å². The lowest BCUT2D eigenvalue weighted by atomic mass is 10.2. The highest BCUT2D eigenvalue weighted by Crippen LogP contribution is 2.20. The third kappa shape index (κ3) is 3.44. The minimum absolute atomic E-state index is 0.831. The molecule has 0 aliphatic rings. The lowest BCUT2D eigenvalue weighted by molar-refractivity contribution is 0.838. The second-order valence-electron chi connectivity index (χ2n) is 4.49. The monoisotopic (exact) mass is 256 g/mol. The first kappa shape index (κ1) is 13.3. The van der Waals surface area contributed by atoms with Crippen molar-refractivity contribution in [2.24, 2.45) is 0 Å². The van der Waals surface area contributed by atoms with E-state index in [0.717, 1.165) is 36.0 Å². The van der Waals surface area contributed by atoms with Crippen LogP contribution in [0.2, 0.25) is 0 Å². The van der Waals surface area contributed by atoms with Crippen LogP contribution in [0.4, 0.5) is 17.3 Å². The van der Waals surface area contributed by atoms with E-state index in [-0.39, 0.29) is 0 Å². The molecule has 2 aromatic rings. The summed E-state index contributed by atoms with van der Waals surface area (Å²) in [7, 11) is 1.87. The molecule has 0 fully saturated rings. The smallest absolute Gasteiger partial charge is 0.136 e. The van der Waals surface area contributed by atoms with Crippen molar-refractivity contribution in [1.29, 1.82) is 0 Å². The van der Waals surface area contributed by atoms with Crippen molar-refractivity contribution >= 4 is 17.3 Å². The number of benzene rings is 1. The van der Waals surface area contributed by atoms with Crippen LogP contribution in [0.5, 0.6) is 0 Å². The molecule has 19 heavy (non-hydrogen) atoms. The Labute approximate surface area is 114 Å².